The smallest absolute Gasteiger partial charge is 0.270 e. The second-order valence-electron chi connectivity index (χ2n) is 5.24. The molecule has 25 heavy (non-hydrogen) atoms. The minimum absolute atomic E-state index is 0.0209. The van der Waals surface area contributed by atoms with Crippen molar-refractivity contribution in [3.8, 4) is 0 Å². The number of amides is 2. The molecule has 0 unspecified atom stereocenters. The van der Waals surface area contributed by atoms with Crippen LogP contribution in [0.5, 0.6) is 0 Å². The van der Waals surface area contributed by atoms with Crippen molar-refractivity contribution in [1.82, 2.24) is 5.32 Å². The van der Waals surface area contributed by atoms with Crippen molar-refractivity contribution in [2.24, 2.45) is 0 Å². The third-order valence-corrected chi connectivity index (χ3v) is 4.34. The van der Waals surface area contributed by atoms with Gasteiger partial charge in [0.15, 0.2) is 5.11 Å². The van der Waals surface area contributed by atoms with E-state index in [2.05, 4.69) is 5.32 Å². The predicted molar refractivity (Wildman–Crippen MR) is 100 cm³/mol. The highest BCUT2D eigenvalue weighted by molar-refractivity contribution is 7.80. The van der Waals surface area contributed by atoms with Crippen molar-refractivity contribution >= 4 is 52.5 Å². The van der Waals surface area contributed by atoms with Gasteiger partial charge >= 0.3 is 0 Å². The van der Waals surface area contributed by atoms with Crippen molar-refractivity contribution in [2.45, 2.75) is 6.92 Å². The lowest BCUT2D eigenvalue weighted by Crippen LogP contribution is -2.54. The van der Waals surface area contributed by atoms with Gasteiger partial charge in [0.25, 0.3) is 11.8 Å². The number of nitrogens with one attached hydrogen (secondary N) is 1. The molecular weight excluding hydrogens is 360 g/mol. The van der Waals surface area contributed by atoms with E-state index in [0.717, 1.165) is 0 Å². The van der Waals surface area contributed by atoms with Crippen LogP contribution in [0.15, 0.2) is 58.7 Å². The van der Waals surface area contributed by atoms with Gasteiger partial charge in [0, 0.05) is 5.02 Å². The van der Waals surface area contributed by atoms with Crippen LogP contribution in [0.2, 0.25) is 5.02 Å². The first-order valence-corrected chi connectivity index (χ1v) is 8.14. The Balaban J connectivity index is 1.95. The fourth-order valence-corrected chi connectivity index (χ4v) is 2.80. The molecule has 1 aliphatic heterocycles. The van der Waals surface area contributed by atoms with Gasteiger partial charge in [0.1, 0.15) is 11.3 Å². The highest BCUT2D eigenvalue weighted by atomic mass is 35.5. The van der Waals surface area contributed by atoms with Crippen LogP contribution in [-0.4, -0.2) is 16.9 Å². The van der Waals surface area contributed by atoms with Gasteiger partial charge in [-0.15, -0.1) is 0 Å². The Hall–Kier alpha value is -2.70. The van der Waals surface area contributed by atoms with E-state index in [1.165, 1.54) is 17.2 Å². The molecule has 2 heterocycles. The van der Waals surface area contributed by atoms with E-state index >= 15 is 0 Å². The summed E-state index contributed by atoms with van der Waals surface area (Å²) in [5, 5.41) is 3.06. The molecule has 1 aromatic heterocycles. The summed E-state index contributed by atoms with van der Waals surface area (Å²) in [6.07, 6.45) is 6.18. The third kappa shape index (κ3) is 3.40. The van der Waals surface area contributed by atoms with Crippen LogP contribution in [0, 0.1) is 6.92 Å². The van der Waals surface area contributed by atoms with Crippen LogP contribution in [0.3, 0.4) is 0 Å². The molecule has 0 spiro atoms. The fourth-order valence-electron chi connectivity index (χ4n) is 2.36. The van der Waals surface area contributed by atoms with Gasteiger partial charge in [0.2, 0.25) is 0 Å². The number of halogens is 1. The second kappa shape index (κ2) is 7.04. The normalized spacial score (nSPS) is 16.8. The molecule has 2 amide bonds. The molecule has 1 N–H and O–H groups in total. The molecule has 0 radical (unpaired) electrons. The molecule has 1 saturated heterocycles. The maximum Gasteiger partial charge on any atom is 0.270 e. The zero-order valence-corrected chi connectivity index (χ0v) is 14.7. The Morgan fingerprint density at radius 1 is 1.24 bits per heavy atom. The maximum absolute atomic E-state index is 12.8. The molecule has 1 aliphatic rings. The zero-order valence-electron chi connectivity index (χ0n) is 13.2. The largest absolute Gasteiger partial charge is 0.465 e. The van der Waals surface area contributed by atoms with Crippen molar-refractivity contribution in [3.05, 3.63) is 70.7 Å². The number of allylic oxidation sites excluding steroid dienone is 2. The number of furan rings is 1. The monoisotopic (exact) mass is 372 g/mol. The number of nitrogens with zero attached hydrogens (tertiary/aromatic N) is 1. The molecule has 1 aromatic carbocycles. The minimum Gasteiger partial charge on any atom is -0.465 e. The van der Waals surface area contributed by atoms with E-state index in [-0.39, 0.29) is 10.7 Å². The Labute approximate surface area is 154 Å². The van der Waals surface area contributed by atoms with Crippen LogP contribution in [-0.2, 0) is 9.59 Å². The van der Waals surface area contributed by atoms with Gasteiger partial charge in [-0.1, -0.05) is 23.7 Å². The molecule has 0 bridgehead atoms. The Morgan fingerprint density at radius 3 is 2.76 bits per heavy atom. The lowest BCUT2D eigenvalue weighted by Gasteiger charge is -2.30. The molecule has 2 aromatic rings. The summed E-state index contributed by atoms with van der Waals surface area (Å²) >= 11 is 11.3. The van der Waals surface area contributed by atoms with E-state index in [0.29, 0.717) is 22.0 Å². The average Bonchev–Trinajstić information content (AvgIpc) is 3.07. The summed E-state index contributed by atoms with van der Waals surface area (Å²) < 4.78 is 5.17. The predicted octanol–water partition coefficient (Wildman–Crippen LogP) is 3.63. The topological polar surface area (TPSA) is 62.6 Å². The Kier molecular flexibility index (Phi) is 4.83. The lowest BCUT2D eigenvalue weighted by atomic mass is 10.1. The Morgan fingerprint density at radius 2 is 2.04 bits per heavy atom. The SMILES string of the molecule is Cc1c(Cl)cccc1N1C(=O)/C(=C/C=C/c2ccco2)C(=O)NC1=S. The standard InChI is InChI=1S/C18H13ClN2O3S/c1-11-14(19)8-3-9-15(11)21-17(23)13(16(22)20-18(21)25)7-2-5-12-6-4-10-24-12/h2-10H,1H3,(H,20,22,25)/b5-2+,13-7+. The summed E-state index contributed by atoms with van der Waals surface area (Å²) in [6.45, 7) is 1.78. The van der Waals surface area contributed by atoms with Crippen LogP contribution >= 0.6 is 23.8 Å². The van der Waals surface area contributed by atoms with Crippen LogP contribution in [0.25, 0.3) is 6.08 Å². The number of hydrogen-bond acceptors (Lipinski definition) is 4. The van der Waals surface area contributed by atoms with Gasteiger partial charge in [-0.3, -0.25) is 19.8 Å². The van der Waals surface area contributed by atoms with E-state index in [1.807, 2.05) is 0 Å². The summed E-state index contributed by atoms with van der Waals surface area (Å²) in [5.41, 5.74) is 1.20. The van der Waals surface area contributed by atoms with E-state index in [9.17, 15) is 9.59 Å². The van der Waals surface area contributed by atoms with Gasteiger partial charge in [0.05, 0.1) is 12.0 Å². The van der Waals surface area contributed by atoms with Crippen LogP contribution in [0.4, 0.5) is 5.69 Å². The van der Waals surface area contributed by atoms with Gasteiger partial charge in [-0.2, -0.15) is 0 Å². The molecular formula is C18H13ClN2O3S. The molecule has 0 atom stereocenters. The Bertz CT molecular complexity index is 916. The minimum atomic E-state index is -0.546. The molecule has 5 nitrogen and oxygen atoms in total. The summed E-state index contributed by atoms with van der Waals surface area (Å²) in [4.78, 5) is 26.2. The summed E-state index contributed by atoms with van der Waals surface area (Å²) in [6, 6.07) is 8.66. The number of benzene rings is 1. The highest BCUT2D eigenvalue weighted by Gasteiger charge is 2.34. The zero-order chi connectivity index (χ0) is 18.0. The van der Waals surface area contributed by atoms with E-state index in [1.54, 1.807) is 49.4 Å². The summed E-state index contributed by atoms with van der Waals surface area (Å²) in [5.74, 6) is -0.447. The van der Waals surface area contributed by atoms with Crippen molar-refractivity contribution in [3.63, 3.8) is 0 Å². The lowest BCUT2D eigenvalue weighted by molar-refractivity contribution is -0.122. The molecule has 1 fully saturated rings. The fraction of sp³-hybridized carbons (Fsp3) is 0.0556. The third-order valence-electron chi connectivity index (χ3n) is 3.65. The second-order valence-corrected chi connectivity index (χ2v) is 6.03. The van der Waals surface area contributed by atoms with Gasteiger partial charge < -0.3 is 4.42 Å². The molecule has 7 heteroatoms. The van der Waals surface area contributed by atoms with Gasteiger partial charge in [-0.25, -0.2) is 0 Å². The first kappa shape index (κ1) is 17.1. The molecule has 3 rings (SSSR count). The average molecular weight is 373 g/mol. The number of thiocarbonyl (C=S) groups is 1. The first-order chi connectivity index (χ1) is 12.0. The quantitative estimate of drug-likeness (QED) is 0.507. The van der Waals surface area contributed by atoms with Crippen molar-refractivity contribution in [1.29, 1.82) is 0 Å². The number of anilines is 1. The van der Waals surface area contributed by atoms with Crippen LogP contribution < -0.4 is 10.2 Å². The first-order valence-electron chi connectivity index (χ1n) is 7.36. The van der Waals surface area contributed by atoms with Crippen molar-refractivity contribution < 1.29 is 14.0 Å². The maximum atomic E-state index is 12.8. The molecule has 126 valence electrons. The van der Waals surface area contributed by atoms with E-state index in [4.69, 9.17) is 28.2 Å². The van der Waals surface area contributed by atoms with Crippen LogP contribution in [0.1, 0.15) is 11.3 Å². The highest BCUT2D eigenvalue weighted by Crippen LogP contribution is 2.29. The summed E-state index contributed by atoms with van der Waals surface area (Å²) in [7, 11) is 0. The number of carbonyl (C=O) groups excluding carboxylic acids is 2. The number of carbonyl (C=O) groups is 2. The van der Waals surface area contributed by atoms with Gasteiger partial charge in [-0.05, 0) is 61.1 Å². The molecule has 0 aliphatic carbocycles. The number of hydrogen-bond donors (Lipinski definition) is 1. The van der Waals surface area contributed by atoms with Crippen molar-refractivity contribution in [2.75, 3.05) is 4.90 Å². The molecule has 0 saturated carbocycles. The number of rotatable bonds is 3. The van der Waals surface area contributed by atoms with E-state index < -0.39 is 11.8 Å².